The molecule has 2 aromatic carbocycles. The highest BCUT2D eigenvalue weighted by Crippen LogP contribution is 2.33. The maximum absolute atomic E-state index is 14.2. The Morgan fingerprint density at radius 2 is 2.00 bits per heavy atom. The van der Waals surface area contributed by atoms with Crippen LogP contribution in [-0.2, 0) is 15.0 Å². The molecule has 4 rings (SSSR count). The number of ether oxygens (including phenoxy) is 2. The van der Waals surface area contributed by atoms with Gasteiger partial charge in [-0.3, -0.25) is 5.43 Å². The van der Waals surface area contributed by atoms with Crippen LogP contribution in [0.4, 0.5) is 8.78 Å². The number of rotatable bonds is 5. The van der Waals surface area contributed by atoms with E-state index in [0.29, 0.717) is 25.3 Å². The predicted octanol–water partition coefficient (Wildman–Crippen LogP) is 4.10. The number of nitrogens with zero attached hydrogens (tertiary/aromatic N) is 1. The third-order valence-corrected chi connectivity index (χ3v) is 5.09. The van der Waals surface area contributed by atoms with Gasteiger partial charge in [-0.2, -0.15) is 5.10 Å². The van der Waals surface area contributed by atoms with E-state index in [1.165, 1.54) is 6.07 Å². The molecule has 1 saturated heterocycles. The van der Waals surface area contributed by atoms with Gasteiger partial charge in [0.05, 0.1) is 12.3 Å². The number of benzene rings is 2. The van der Waals surface area contributed by atoms with Crippen LogP contribution in [0.25, 0.3) is 0 Å². The lowest BCUT2D eigenvalue weighted by molar-refractivity contribution is -0.173. The average molecular weight is 372 g/mol. The number of hydrogen-bond donors (Lipinski definition) is 1. The quantitative estimate of drug-likeness (QED) is 0.859. The topological polar surface area (TPSA) is 42.9 Å². The van der Waals surface area contributed by atoms with Gasteiger partial charge in [-0.1, -0.05) is 30.3 Å². The average Bonchev–Trinajstić information content (AvgIpc) is 3.15. The molecule has 27 heavy (non-hydrogen) atoms. The summed E-state index contributed by atoms with van der Waals surface area (Å²) < 4.78 is 39.6. The van der Waals surface area contributed by atoms with Crippen LogP contribution >= 0.6 is 0 Å². The molecule has 0 aromatic heterocycles. The largest absolute Gasteiger partial charge is 0.353 e. The van der Waals surface area contributed by atoms with Gasteiger partial charge >= 0.3 is 0 Å². The van der Waals surface area contributed by atoms with Gasteiger partial charge in [0.25, 0.3) is 0 Å². The fourth-order valence-corrected chi connectivity index (χ4v) is 3.58. The van der Waals surface area contributed by atoms with Crippen LogP contribution in [0, 0.1) is 11.6 Å². The fourth-order valence-electron chi connectivity index (χ4n) is 3.58. The first-order chi connectivity index (χ1) is 13.2. The van der Waals surface area contributed by atoms with Crippen molar-refractivity contribution in [3.05, 3.63) is 71.3 Å². The maximum Gasteiger partial charge on any atom is 0.157 e. The van der Waals surface area contributed by atoms with Gasteiger partial charge in [0.2, 0.25) is 0 Å². The molecule has 0 radical (unpaired) electrons. The van der Waals surface area contributed by atoms with Crippen LogP contribution in [0.3, 0.4) is 0 Å². The van der Waals surface area contributed by atoms with Crippen molar-refractivity contribution in [2.75, 3.05) is 13.2 Å². The number of hydrazone groups is 1. The van der Waals surface area contributed by atoms with Crippen molar-refractivity contribution in [1.29, 1.82) is 0 Å². The number of nitrogens with one attached hydrogen (secondary N) is 1. The zero-order valence-corrected chi connectivity index (χ0v) is 15.0. The summed E-state index contributed by atoms with van der Waals surface area (Å²) in [6.45, 7) is 1.03. The standard InChI is InChI=1S/C21H22F2N2O2/c22-16-9-10-18(23)17(12-16)19-13-21(25-24-19,15-6-2-1-3-7-15)14-27-20-8-4-5-11-26-20/h1-3,6-7,9-10,12,20,25H,4-5,8,11,13-14H2. The molecule has 2 atom stereocenters. The fraction of sp³-hybridized carbons (Fsp3) is 0.381. The molecule has 0 saturated carbocycles. The zero-order valence-electron chi connectivity index (χ0n) is 15.0. The van der Waals surface area contributed by atoms with Crippen LogP contribution < -0.4 is 5.43 Å². The lowest BCUT2D eigenvalue weighted by atomic mass is 9.85. The molecule has 1 N–H and O–H groups in total. The van der Waals surface area contributed by atoms with Gasteiger partial charge in [-0.25, -0.2) is 8.78 Å². The van der Waals surface area contributed by atoms with Gasteiger partial charge in [0.1, 0.15) is 17.2 Å². The summed E-state index contributed by atoms with van der Waals surface area (Å²) in [5.74, 6) is -0.976. The predicted molar refractivity (Wildman–Crippen MR) is 98.3 cm³/mol. The van der Waals surface area contributed by atoms with E-state index in [9.17, 15) is 8.78 Å². The Kier molecular flexibility index (Phi) is 5.18. The first-order valence-corrected chi connectivity index (χ1v) is 9.24. The van der Waals surface area contributed by atoms with Gasteiger partial charge in [-0.15, -0.1) is 0 Å². The zero-order chi connectivity index (χ0) is 18.7. The maximum atomic E-state index is 14.2. The Morgan fingerprint density at radius 3 is 2.78 bits per heavy atom. The Bertz CT molecular complexity index is 822. The highest BCUT2D eigenvalue weighted by Gasteiger charge is 2.40. The molecule has 0 amide bonds. The smallest absolute Gasteiger partial charge is 0.157 e. The molecule has 0 spiro atoms. The van der Waals surface area contributed by atoms with Crippen LogP contribution in [0.2, 0.25) is 0 Å². The Hall–Kier alpha value is -2.31. The van der Waals surface area contributed by atoms with Crippen molar-refractivity contribution in [2.24, 2.45) is 5.10 Å². The van der Waals surface area contributed by atoms with Crippen LogP contribution in [0.15, 0.2) is 53.6 Å². The molecule has 0 aliphatic carbocycles. The van der Waals surface area contributed by atoms with Crippen molar-refractivity contribution in [2.45, 2.75) is 37.5 Å². The van der Waals surface area contributed by atoms with Crippen LogP contribution in [-0.4, -0.2) is 25.2 Å². The van der Waals surface area contributed by atoms with E-state index in [-0.39, 0.29) is 11.9 Å². The van der Waals surface area contributed by atoms with Crippen LogP contribution in [0.1, 0.15) is 36.8 Å². The summed E-state index contributed by atoms with van der Waals surface area (Å²) >= 11 is 0. The normalized spacial score (nSPS) is 25.1. The van der Waals surface area contributed by atoms with E-state index < -0.39 is 17.2 Å². The second-order valence-corrected chi connectivity index (χ2v) is 7.03. The summed E-state index contributed by atoms with van der Waals surface area (Å²) in [5, 5.41) is 4.34. The highest BCUT2D eigenvalue weighted by molar-refractivity contribution is 6.02. The van der Waals surface area contributed by atoms with E-state index in [2.05, 4.69) is 10.5 Å². The molecule has 4 nitrogen and oxygen atoms in total. The molecule has 1 fully saturated rings. The molecular formula is C21H22F2N2O2. The lowest BCUT2D eigenvalue weighted by Crippen LogP contribution is -2.42. The van der Waals surface area contributed by atoms with Crippen LogP contribution in [0.5, 0.6) is 0 Å². The summed E-state index contributed by atoms with van der Waals surface area (Å²) in [4.78, 5) is 0. The van der Waals surface area contributed by atoms with Crippen molar-refractivity contribution in [3.63, 3.8) is 0 Å². The third kappa shape index (κ3) is 3.87. The Labute approximate surface area is 157 Å². The van der Waals surface area contributed by atoms with Gasteiger partial charge in [0.15, 0.2) is 6.29 Å². The first kappa shape index (κ1) is 18.1. The molecule has 2 unspecified atom stereocenters. The molecular weight excluding hydrogens is 350 g/mol. The minimum atomic E-state index is -0.643. The summed E-state index contributed by atoms with van der Waals surface area (Å²) in [6.07, 6.45) is 3.14. The lowest BCUT2D eigenvalue weighted by Gasteiger charge is -2.32. The Balaban J connectivity index is 1.58. The second-order valence-electron chi connectivity index (χ2n) is 7.03. The minimum absolute atomic E-state index is 0.175. The van der Waals surface area contributed by atoms with Crippen molar-refractivity contribution < 1.29 is 18.3 Å². The first-order valence-electron chi connectivity index (χ1n) is 9.24. The second kappa shape index (κ2) is 7.74. The van der Waals surface area contributed by atoms with E-state index in [1.807, 2.05) is 30.3 Å². The third-order valence-electron chi connectivity index (χ3n) is 5.09. The molecule has 2 aliphatic heterocycles. The van der Waals surface area contributed by atoms with Gasteiger partial charge in [-0.05, 0) is 43.0 Å². The molecule has 142 valence electrons. The van der Waals surface area contributed by atoms with E-state index in [1.54, 1.807) is 0 Å². The SMILES string of the molecule is Fc1ccc(F)c(C2=NNC(COC3CCCCO3)(c3ccccc3)C2)c1. The van der Waals surface area contributed by atoms with Crippen molar-refractivity contribution in [1.82, 2.24) is 5.43 Å². The number of hydrogen-bond acceptors (Lipinski definition) is 4. The molecule has 0 bridgehead atoms. The summed E-state index contributed by atoms with van der Waals surface area (Å²) in [7, 11) is 0. The van der Waals surface area contributed by atoms with Crippen molar-refractivity contribution >= 4 is 5.71 Å². The molecule has 2 aromatic rings. The minimum Gasteiger partial charge on any atom is -0.353 e. The molecule has 2 heterocycles. The van der Waals surface area contributed by atoms with E-state index in [4.69, 9.17) is 9.47 Å². The molecule has 2 aliphatic rings. The monoisotopic (exact) mass is 372 g/mol. The van der Waals surface area contributed by atoms with E-state index >= 15 is 0 Å². The van der Waals surface area contributed by atoms with Gasteiger partial charge < -0.3 is 9.47 Å². The summed E-state index contributed by atoms with van der Waals surface area (Å²) in [6, 6.07) is 13.2. The van der Waals surface area contributed by atoms with Gasteiger partial charge in [0, 0.05) is 18.6 Å². The van der Waals surface area contributed by atoms with Crippen molar-refractivity contribution in [3.8, 4) is 0 Å². The number of halogens is 2. The summed E-state index contributed by atoms with van der Waals surface area (Å²) in [5.41, 5.74) is 4.13. The Morgan fingerprint density at radius 1 is 1.15 bits per heavy atom. The molecule has 6 heteroatoms. The van der Waals surface area contributed by atoms with E-state index in [0.717, 1.165) is 37.0 Å². The highest BCUT2D eigenvalue weighted by atomic mass is 19.1.